The lowest BCUT2D eigenvalue weighted by Gasteiger charge is -2.32. The number of halogens is 1. The first kappa shape index (κ1) is 18.2. The standard InChI is InChI=1S/C22H20ClNO5/c1-26-13-6-12(7-14(8-13)27-2)24-10-18-20-17(9-19(23)21(18)28-11-24)15-4-3-5-16(15)22(25)29-20/h6-9H,3-5,10-11H2,1-2H3. The van der Waals surface area contributed by atoms with Crippen LogP contribution in [0.5, 0.6) is 17.2 Å². The van der Waals surface area contributed by atoms with Gasteiger partial charge in [-0.25, -0.2) is 4.79 Å². The molecular formula is C22H20ClNO5. The average Bonchev–Trinajstić information content (AvgIpc) is 3.25. The van der Waals surface area contributed by atoms with Gasteiger partial charge in [0.15, 0.2) is 6.73 Å². The normalized spacial score (nSPS) is 15.1. The van der Waals surface area contributed by atoms with Crippen molar-refractivity contribution in [2.45, 2.75) is 25.8 Å². The molecule has 0 amide bonds. The molecule has 1 aliphatic heterocycles. The molecule has 0 unspecified atom stereocenters. The van der Waals surface area contributed by atoms with E-state index in [-0.39, 0.29) is 5.63 Å². The first-order valence-electron chi connectivity index (χ1n) is 9.50. The van der Waals surface area contributed by atoms with E-state index >= 15 is 0 Å². The summed E-state index contributed by atoms with van der Waals surface area (Å²) in [5.41, 5.74) is 3.81. The molecule has 29 heavy (non-hydrogen) atoms. The number of rotatable bonds is 3. The van der Waals surface area contributed by atoms with Crippen LogP contribution in [0.4, 0.5) is 5.69 Å². The number of anilines is 1. The molecule has 0 fully saturated rings. The van der Waals surface area contributed by atoms with Crippen molar-refractivity contribution in [3.8, 4) is 17.2 Å². The van der Waals surface area contributed by atoms with E-state index < -0.39 is 0 Å². The van der Waals surface area contributed by atoms with E-state index in [0.29, 0.717) is 41.1 Å². The Morgan fingerprint density at radius 3 is 2.45 bits per heavy atom. The van der Waals surface area contributed by atoms with Crippen LogP contribution in [-0.4, -0.2) is 21.0 Å². The molecule has 2 aromatic carbocycles. The van der Waals surface area contributed by atoms with Gasteiger partial charge in [-0.15, -0.1) is 0 Å². The Bertz CT molecular complexity index is 1160. The monoisotopic (exact) mass is 413 g/mol. The summed E-state index contributed by atoms with van der Waals surface area (Å²) in [6.07, 6.45) is 2.58. The number of hydrogen-bond donors (Lipinski definition) is 0. The van der Waals surface area contributed by atoms with E-state index in [2.05, 4.69) is 0 Å². The number of nitrogens with zero attached hydrogens (tertiary/aromatic N) is 1. The van der Waals surface area contributed by atoms with Gasteiger partial charge >= 0.3 is 5.63 Å². The van der Waals surface area contributed by atoms with Crippen molar-refractivity contribution in [2.75, 3.05) is 25.9 Å². The van der Waals surface area contributed by atoms with Gasteiger partial charge in [0, 0.05) is 34.8 Å². The predicted molar refractivity (Wildman–Crippen MR) is 111 cm³/mol. The molecule has 1 aromatic heterocycles. The van der Waals surface area contributed by atoms with Gasteiger partial charge in [0.2, 0.25) is 0 Å². The predicted octanol–water partition coefficient (Wildman–Crippen LogP) is 4.31. The molecule has 0 radical (unpaired) electrons. The van der Waals surface area contributed by atoms with Crippen LogP contribution in [0.25, 0.3) is 11.0 Å². The molecule has 0 saturated heterocycles. The highest BCUT2D eigenvalue weighted by atomic mass is 35.5. The minimum atomic E-state index is -0.255. The minimum Gasteiger partial charge on any atom is -0.497 e. The van der Waals surface area contributed by atoms with Crippen LogP contribution in [0.1, 0.15) is 23.1 Å². The number of fused-ring (bicyclic) bond motifs is 5. The molecule has 150 valence electrons. The minimum absolute atomic E-state index is 0.255. The average molecular weight is 414 g/mol. The van der Waals surface area contributed by atoms with Gasteiger partial charge in [-0.3, -0.25) is 0 Å². The molecule has 0 spiro atoms. The fourth-order valence-electron chi connectivity index (χ4n) is 4.25. The van der Waals surface area contributed by atoms with Crippen molar-refractivity contribution in [1.29, 1.82) is 0 Å². The topological polar surface area (TPSA) is 61.1 Å². The number of aryl methyl sites for hydroxylation is 1. The van der Waals surface area contributed by atoms with Gasteiger partial charge in [0.1, 0.15) is 22.8 Å². The number of hydrogen-bond acceptors (Lipinski definition) is 6. The lowest BCUT2D eigenvalue weighted by atomic mass is 10.0. The Balaban J connectivity index is 1.65. The number of benzene rings is 2. The summed E-state index contributed by atoms with van der Waals surface area (Å²) >= 11 is 6.55. The Kier molecular flexibility index (Phi) is 4.32. The second-order valence-corrected chi connectivity index (χ2v) is 7.69. The maximum absolute atomic E-state index is 12.5. The van der Waals surface area contributed by atoms with Crippen LogP contribution >= 0.6 is 11.6 Å². The summed E-state index contributed by atoms with van der Waals surface area (Å²) < 4.78 is 22.5. The zero-order valence-electron chi connectivity index (χ0n) is 16.2. The van der Waals surface area contributed by atoms with Crippen LogP contribution in [0.15, 0.2) is 33.5 Å². The molecule has 1 aliphatic carbocycles. The number of ether oxygens (including phenoxy) is 3. The molecule has 0 saturated carbocycles. The van der Waals surface area contributed by atoms with Crippen LogP contribution in [-0.2, 0) is 19.4 Å². The van der Waals surface area contributed by atoms with Crippen molar-refractivity contribution < 1.29 is 18.6 Å². The summed E-state index contributed by atoms with van der Waals surface area (Å²) in [6, 6.07) is 7.51. The first-order chi connectivity index (χ1) is 14.1. The molecule has 6 nitrogen and oxygen atoms in total. The lowest BCUT2D eigenvalue weighted by Crippen LogP contribution is -2.32. The third-order valence-corrected chi connectivity index (χ3v) is 5.96. The fourth-order valence-corrected chi connectivity index (χ4v) is 4.53. The third kappa shape index (κ3) is 2.90. The van der Waals surface area contributed by atoms with E-state index in [4.69, 9.17) is 30.2 Å². The fraction of sp³-hybridized carbons (Fsp3) is 0.318. The summed E-state index contributed by atoms with van der Waals surface area (Å²) in [4.78, 5) is 14.6. The zero-order valence-corrected chi connectivity index (χ0v) is 17.0. The van der Waals surface area contributed by atoms with E-state index in [1.807, 2.05) is 29.2 Å². The van der Waals surface area contributed by atoms with E-state index in [1.165, 1.54) is 0 Å². The van der Waals surface area contributed by atoms with E-state index in [1.54, 1.807) is 14.2 Å². The molecule has 0 bridgehead atoms. The molecular weight excluding hydrogens is 394 g/mol. The Labute approximate surface area is 172 Å². The zero-order chi connectivity index (χ0) is 20.1. The second kappa shape index (κ2) is 6.88. The first-order valence-corrected chi connectivity index (χ1v) is 9.87. The van der Waals surface area contributed by atoms with Gasteiger partial charge in [0.25, 0.3) is 0 Å². The molecule has 2 heterocycles. The Morgan fingerprint density at radius 1 is 1.00 bits per heavy atom. The molecule has 0 N–H and O–H groups in total. The molecule has 7 heteroatoms. The molecule has 2 aliphatic rings. The summed E-state index contributed by atoms with van der Waals surface area (Å²) in [6.45, 7) is 0.800. The molecule has 3 aromatic rings. The molecule has 0 atom stereocenters. The maximum Gasteiger partial charge on any atom is 0.339 e. The highest BCUT2D eigenvalue weighted by molar-refractivity contribution is 6.33. The Hall–Kier alpha value is -2.86. The number of methoxy groups -OCH3 is 2. The van der Waals surface area contributed by atoms with Crippen LogP contribution in [0, 0.1) is 0 Å². The maximum atomic E-state index is 12.5. The van der Waals surface area contributed by atoms with Crippen molar-refractivity contribution >= 4 is 28.3 Å². The summed E-state index contributed by atoms with van der Waals surface area (Å²) in [5.74, 6) is 1.95. The van der Waals surface area contributed by atoms with Crippen molar-refractivity contribution in [3.63, 3.8) is 0 Å². The SMILES string of the molecule is COc1cc(OC)cc(N2COc3c(Cl)cc4c5c(c(=O)oc4c3C2)CCC5)c1. The van der Waals surface area contributed by atoms with Crippen LogP contribution < -0.4 is 24.7 Å². The van der Waals surface area contributed by atoms with Crippen molar-refractivity contribution in [3.05, 3.63) is 56.4 Å². The third-order valence-electron chi connectivity index (χ3n) is 5.68. The lowest BCUT2D eigenvalue weighted by molar-refractivity contribution is 0.289. The molecule has 5 rings (SSSR count). The van der Waals surface area contributed by atoms with Gasteiger partial charge in [-0.2, -0.15) is 0 Å². The highest BCUT2D eigenvalue weighted by Crippen LogP contribution is 2.42. The smallest absolute Gasteiger partial charge is 0.339 e. The highest BCUT2D eigenvalue weighted by Gasteiger charge is 2.28. The van der Waals surface area contributed by atoms with Gasteiger partial charge in [-0.05, 0) is 30.9 Å². The van der Waals surface area contributed by atoms with E-state index in [0.717, 1.165) is 47.0 Å². The quantitative estimate of drug-likeness (QED) is 0.596. The van der Waals surface area contributed by atoms with Gasteiger partial charge in [-0.1, -0.05) is 11.6 Å². The summed E-state index contributed by atoms with van der Waals surface area (Å²) in [7, 11) is 3.23. The van der Waals surface area contributed by atoms with Crippen molar-refractivity contribution in [1.82, 2.24) is 0 Å². The van der Waals surface area contributed by atoms with Gasteiger partial charge < -0.3 is 23.5 Å². The Morgan fingerprint density at radius 2 is 1.72 bits per heavy atom. The second-order valence-electron chi connectivity index (χ2n) is 7.29. The van der Waals surface area contributed by atoms with E-state index in [9.17, 15) is 4.79 Å². The summed E-state index contributed by atoms with van der Waals surface area (Å²) in [5, 5.41) is 1.45. The van der Waals surface area contributed by atoms with Gasteiger partial charge in [0.05, 0.1) is 31.4 Å². The van der Waals surface area contributed by atoms with Crippen molar-refractivity contribution in [2.24, 2.45) is 0 Å². The largest absolute Gasteiger partial charge is 0.497 e. The van der Waals surface area contributed by atoms with Crippen LogP contribution in [0.3, 0.4) is 0 Å². The van der Waals surface area contributed by atoms with Crippen LogP contribution in [0.2, 0.25) is 5.02 Å².